The molecule has 0 atom stereocenters. The Balaban J connectivity index is 1.35. The molecule has 8 aromatic carbocycles. The number of anilines is 3. The summed E-state index contributed by atoms with van der Waals surface area (Å²) >= 11 is 0. The Morgan fingerprint density at radius 1 is 0.405 bits per heavy atom. The van der Waals surface area contributed by atoms with Crippen LogP contribution in [0.4, 0.5) is 17.1 Å². The van der Waals surface area contributed by atoms with Crippen LogP contribution in [0.15, 0.2) is 146 Å². The van der Waals surface area contributed by atoms with Gasteiger partial charge in [-0.3, -0.25) is 0 Å². The topological polar surface area (TPSA) is 3.24 Å². The van der Waals surface area contributed by atoms with Crippen LogP contribution < -0.4 is 21.3 Å². The lowest BCUT2D eigenvalue weighted by Gasteiger charge is -2.37. The summed E-state index contributed by atoms with van der Waals surface area (Å²) < 4.78 is 0. The highest BCUT2D eigenvalue weighted by molar-refractivity contribution is 7.01. The molecule has 0 amide bonds. The number of rotatable bonds is 2. The van der Waals surface area contributed by atoms with Crippen LogP contribution in [0.2, 0.25) is 0 Å². The Morgan fingerprint density at radius 2 is 1.10 bits per heavy atom. The van der Waals surface area contributed by atoms with Crippen molar-refractivity contribution in [2.24, 2.45) is 0 Å². The van der Waals surface area contributed by atoms with E-state index in [0.717, 1.165) is 0 Å². The molecule has 0 spiro atoms. The molecule has 10 rings (SSSR count). The Morgan fingerprint density at radius 3 is 1.95 bits per heavy atom. The van der Waals surface area contributed by atoms with Gasteiger partial charge >= 0.3 is 0 Å². The van der Waals surface area contributed by atoms with Crippen molar-refractivity contribution in [1.29, 1.82) is 0 Å². The van der Waals surface area contributed by atoms with E-state index in [9.17, 15) is 0 Å². The predicted octanol–water partition coefficient (Wildman–Crippen LogP) is 8.53. The van der Waals surface area contributed by atoms with E-state index in [1.165, 1.54) is 88.0 Å². The third kappa shape index (κ3) is 2.84. The molecule has 0 radical (unpaired) electrons. The van der Waals surface area contributed by atoms with Crippen molar-refractivity contribution >= 4 is 72.5 Å². The summed E-state index contributed by atoms with van der Waals surface area (Å²) in [6, 6.07) is 54.2. The van der Waals surface area contributed by atoms with Gasteiger partial charge in [-0.1, -0.05) is 127 Å². The van der Waals surface area contributed by atoms with Crippen molar-refractivity contribution in [2.75, 3.05) is 4.90 Å². The SMILES string of the molecule is c1ccc(-c2cc3c4c(c2)N(c2ccc5ccc6cccc7ccc2c5c67)c2ccccc2B4c2ccccc2-3)cc1. The molecule has 0 saturated carbocycles. The normalized spacial score (nSPS) is 13.1. The van der Waals surface area contributed by atoms with Gasteiger partial charge < -0.3 is 4.90 Å². The van der Waals surface area contributed by atoms with Crippen molar-refractivity contribution in [3.8, 4) is 22.3 Å². The minimum absolute atomic E-state index is 0.225. The molecule has 2 heterocycles. The highest BCUT2D eigenvalue weighted by atomic mass is 15.2. The van der Waals surface area contributed by atoms with Gasteiger partial charge in [0.15, 0.2) is 0 Å². The molecule has 192 valence electrons. The fourth-order valence-corrected chi connectivity index (χ4v) is 7.86. The molecular weight excluding hydrogens is 505 g/mol. The van der Waals surface area contributed by atoms with Gasteiger partial charge in [-0.15, -0.1) is 0 Å². The van der Waals surface area contributed by atoms with Gasteiger partial charge in [0.25, 0.3) is 0 Å². The molecule has 2 heteroatoms. The molecule has 0 aliphatic carbocycles. The van der Waals surface area contributed by atoms with Crippen molar-refractivity contribution < 1.29 is 0 Å². The van der Waals surface area contributed by atoms with Crippen molar-refractivity contribution in [1.82, 2.24) is 0 Å². The first-order valence-electron chi connectivity index (χ1n) is 14.7. The second kappa shape index (κ2) is 8.12. The molecule has 8 aromatic rings. The van der Waals surface area contributed by atoms with Gasteiger partial charge in [0.05, 0.1) is 5.69 Å². The first kappa shape index (κ1) is 22.4. The van der Waals surface area contributed by atoms with Crippen molar-refractivity contribution in [2.45, 2.75) is 0 Å². The standard InChI is InChI=1S/C40H24BN/c1-2-9-25(10-3-1)29-23-32-30-13-4-5-14-33(30)41-34-15-6-7-16-36(34)42(37(24-29)40(32)41)35-22-20-28-18-17-26-11-8-12-27-19-21-31(35)39(28)38(26)27/h1-24H. The third-order valence-corrected chi connectivity index (χ3v) is 9.59. The Hall–Kier alpha value is -5.34. The molecule has 1 nitrogen and oxygen atoms in total. The zero-order valence-corrected chi connectivity index (χ0v) is 22.9. The first-order chi connectivity index (χ1) is 20.8. The lowest BCUT2D eigenvalue weighted by atomic mass is 9.37. The van der Waals surface area contributed by atoms with Crippen LogP contribution in [0.25, 0.3) is 54.6 Å². The van der Waals surface area contributed by atoms with Crippen LogP contribution in [0, 0.1) is 0 Å². The number of nitrogens with zero attached hydrogens (tertiary/aromatic N) is 1. The Kier molecular flexibility index (Phi) is 4.32. The maximum absolute atomic E-state index is 2.55. The third-order valence-electron chi connectivity index (χ3n) is 9.59. The van der Waals surface area contributed by atoms with Crippen molar-refractivity contribution in [3.63, 3.8) is 0 Å². The fraction of sp³-hybridized carbons (Fsp3) is 0. The molecule has 42 heavy (non-hydrogen) atoms. The quantitative estimate of drug-likeness (QED) is 0.160. The van der Waals surface area contributed by atoms with Gasteiger partial charge in [-0.25, -0.2) is 0 Å². The number of fused-ring (bicyclic) bond motifs is 5. The number of hydrogen-bond acceptors (Lipinski definition) is 1. The van der Waals surface area contributed by atoms with E-state index in [2.05, 4.69) is 150 Å². The summed E-state index contributed by atoms with van der Waals surface area (Å²) in [5.41, 5.74) is 13.2. The second-order valence-corrected chi connectivity index (χ2v) is 11.7. The Bertz CT molecular complexity index is 2360. The second-order valence-electron chi connectivity index (χ2n) is 11.7. The molecule has 2 aliphatic heterocycles. The van der Waals surface area contributed by atoms with Gasteiger partial charge in [0, 0.05) is 16.8 Å². The van der Waals surface area contributed by atoms with E-state index in [1.54, 1.807) is 0 Å². The zero-order chi connectivity index (χ0) is 27.4. The highest BCUT2D eigenvalue weighted by Crippen LogP contribution is 2.47. The molecular formula is C40H24BN. The molecule has 0 saturated heterocycles. The highest BCUT2D eigenvalue weighted by Gasteiger charge is 2.42. The molecule has 2 aliphatic rings. The van der Waals surface area contributed by atoms with Crippen LogP contribution in [0.5, 0.6) is 0 Å². The van der Waals surface area contributed by atoms with Gasteiger partial charge in [-0.05, 0) is 84.4 Å². The predicted molar refractivity (Wildman–Crippen MR) is 180 cm³/mol. The van der Waals surface area contributed by atoms with Crippen LogP contribution >= 0.6 is 0 Å². The summed E-state index contributed by atoms with van der Waals surface area (Å²) in [5, 5.41) is 7.87. The smallest absolute Gasteiger partial charge is 0.248 e. The monoisotopic (exact) mass is 529 g/mol. The lowest BCUT2D eigenvalue weighted by molar-refractivity contribution is 1.31. The van der Waals surface area contributed by atoms with E-state index in [0.29, 0.717) is 0 Å². The average molecular weight is 529 g/mol. The minimum Gasteiger partial charge on any atom is -0.311 e. The average Bonchev–Trinajstić information content (AvgIpc) is 3.39. The lowest BCUT2D eigenvalue weighted by Crippen LogP contribution is -2.54. The maximum Gasteiger partial charge on any atom is 0.248 e. The molecule has 0 fully saturated rings. The first-order valence-corrected chi connectivity index (χ1v) is 14.7. The fourth-order valence-electron chi connectivity index (χ4n) is 7.86. The van der Waals surface area contributed by atoms with Crippen LogP contribution in [0.3, 0.4) is 0 Å². The number of benzene rings is 8. The molecule has 0 aromatic heterocycles. The summed E-state index contributed by atoms with van der Waals surface area (Å²) in [6.45, 7) is 0.225. The zero-order valence-electron chi connectivity index (χ0n) is 22.9. The van der Waals surface area contributed by atoms with E-state index in [-0.39, 0.29) is 6.71 Å². The largest absolute Gasteiger partial charge is 0.311 e. The maximum atomic E-state index is 2.55. The van der Waals surface area contributed by atoms with E-state index >= 15 is 0 Å². The van der Waals surface area contributed by atoms with E-state index in [1.807, 2.05) is 0 Å². The number of para-hydroxylation sites is 1. The van der Waals surface area contributed by atoms with Crippen LogP contribution in [0.1, 0.15) is 0 Å². The summed E-state index contributed by atoms with van der Waals surface area (Å²) in [6.07, 6.45) is 0. The van der Waals surface area contributed by atoms with Gasteiger partial charge in [0.2, 0.25) is 6.71 Å². The van der Waals surface area contributed by atoms with E-state index < -0.39 is 0 Å². The Labute approximate surface area is 244 Å². The minimum atomic E-state index is 0.225. The summed E-state index contributed by atoms with van der Waals surface area (Å²) in [4.78, 5) is 2.55. The molecule has 0 unspecified atom stereocenters. The van der Waals surface area contributed by atoms with E-state index in [4.69, 9.17) is 0 Å². The van der Waals surface area contributed by atoms with Crippen LogP contribution in [-0.2, 0) is 0 Å². The number of hydrogen-bond donors (Lipinski definition) is 0. The summed E-state index contributed by atoms with van der Waals surface area (Å²) in [5.74, 6) is 0. The van der Waals surface area contributed by atoms with Crippen LogP contribution in [-0.4, -0.2) is 6.71 Å². The van der Waals surface area contributed by atoms with Crippen molar-refractivity contribution in [3.05, 3.63) is 146 Å². The van der Waals surface area contributed by atoms with Gasteiger partial charge in [-0.2, -0.15) is 0 Å². The molecule has 0 N–H and O–H groups in total. The van der Waals surface area contributed by atoms with Gasteiger partial charge in [0.1, 0.15) is 0 Å². The summed E-state index contributed by atoms with van der Waals surface area (Å²) in [7, 11) is 0. The molecule has 0 bridgehead atoms.